The summed E-state index contributed by atoms with van der Waals surface area (Å²) in [5.74, 6) is 4.73. The van der Waals surface area contributed by atoms with Crippen molar-refractivity contribution >= 4 is 0 Å². The van der Waals surface area contributed by atoms with Gasteiger partial charge in [0.2, 0.25) is 0 Å². The van der Waals surface area contributed by atoms with Crippen molar-refractivity contribution in [1.82, 2.24) is 10.2 Å². The Hall–Kier alpha value is -1.44. The molecule has 1 N–H and O–H groups in total. The Morgan fingerprint density at radius 3 is 2.67 bits per heavy atom. The van der Waals surface area contributed by atoms with Gasteiger partial charge in [-0.1, -0.05) is 11.8 Å². The van der Waals surface area contributed by atoms with E-state index in [2.05, 4.69) is 22.1 Å². The lowest BCUT2D eigenvalue weighted by Gasteiger charge is -2.24. The molecule has 0 radical (unpaired) electrons. The van der Waals surface area contributed by atoms with Crippen molar-refractivity contribution < 1.29 is 8.78 Å². The quantitative estimate of drug-likeness (QED) is 0.760. The number of hydrogen-bond donors (Lipinski definition) is 1. The van der Waals surface area contributed by atoms with Crippen molar-refractivity contribution in [3.8, 4) is 11.8 Å². The van der Waals surface area contributed by atoms with Gasteiger partial charge in [-0.05, 0) is 24.6 Å². The molecule has 0 unspecified atom stereocenters. The molecule has 0 spiro atoms. The van der Waals surface area contributed by atoms with E-state index in [9.17, 15) is 8.78 Å². The molecule has 1 aromatic carbocycles. The lowest BCUT2D eigenvalue weighted by Crippen LogP contribution is -2.43. The molecule has 0 aromatic heterocycles. The number of hydrogen-bond acceptors (Lipinski definition) is 2. The Balaban J connectivity index is 2.03. The van der Waals surface area contributed by atoms with Crippen LogP contribution in [-0.4, -0.2) is 37.6 Å². The van der Waals surface area contributed by atoms with E-state index in [-0.39, 0.29) is 5.56 Å². The van der Waals surface area contributed by atoms with E-state index in [1.54, 1.807) is 0 Å². The number of piperazine rings is 1. The summed E-state index contributed by atoms with van der Waals surface area (Å²) in [6.45, 7) is 5.93. The Kier molecular flexibility index (Phi) is 4.29. The average molecular weight is 250 g/mol. The van der Waals surface area contributed by atoms with Gasteiger partial charge in [0.15, 0.2) is 0 Å². The molecule has 1 fully saturated rings. The van der Waals surface area contributed by atoms with Gasteiger partial charge in [0.05, 0.1) is 12.1 Å². The molecule has 4 heteroatoms. The molecule has 2 rings (SSSR count). The Labute approximate surface area is 106 Å². The maximum atomic E-state index is 13.5. The third kappa shape index (κ3) is 3.28. The molecule has 0 bridgehead atoms. The smallest absolute Gasteiger partial charge is 0.139 e. The Bertz CT molecular complexity index is 483. The van der Waals surface area contributed by atoms with E-state index < -0.39 is 11.6 Å². The van der Waals surface area contributed by atoms with Crippen molar-refractivity contribution in [3.63, 3.8) is 0 Å². The van der Waals surface area contributed by atoms with Gasteiger partial charge in [-0.2, -0.15) is 0 Å². The van der Waals surface area contributed by atoms with Gasteiger partial charge in [-0.25, -0.2) is 8.78 Å². The van der Waals surface area contributed by atoms with Crippen molar-refractivity contribution in [2.75, 3.05) is 32.7 Å². The lowest BCUT2D eigenvalue weighted by molar-refractivity contribution is 0.268. The van der Waals surface area contributed by atoms with Crippen LogP contribution in [0.3, 0.4) is 0 Å². The van der Waals surface area contributed by atoms with Crippen molar-refractivity contribution in [3.05, 3.63) is 34.9 Å². The number of nitrogens with zero attached hydrogens (tertiary/aromatic N) is 1. The highest BCUT2D eigenvalue weighted by Crippen LogP contribution is 2.12. The fraction of sp³-hybridized carbons (Fsp3) is 0.429. The van der Waals surface area contributed by atoms with E-state index >= 15 is 0 Å². The molecule has 0 amide bonds. The summed E-state index contributed by atoms with van der Waals surface area (Å²) in [5.41, 5.74) is 0.438. The standard InChI is InChI=1S/C14H16F2N2/c1-11-9-14(16)12(10-13(11)15)3-2-6-18-7-4-17-5-8-18/h9-10,17H,4-8H2,1H3. The molecule has 0 saturated carbocycles. The van der Waals surface area contributed by atoms with E-state index in [1.165, 1.54) is 13.0 Å². The molecule has 2 nitrogen and oxygen atoms in total. The highest BCUT2D eigenvalue weighted by molar-refractivity contribution is 5.38. The molecule has 1 aliphatic heterocycles. The highest BCUT2D eigenvalue weighted by atomic mass is 19.1. The van der Waals surface area contributed by atoms with Gasteiger partial charge in [-0.15, -0.1) is 0 Å². The first-order valence-corrected chi connectivity index (χ1v) is 6.04. The lowest BCUT2D eigenvalue weighted by atomic mass is 10.1. The average Bonchev–Trinajstić information content (AvgIpc) is 2.37. The van der Waals surface area contributed by atoms with Crippen LogP contribution >= 0.6 is 0 Å². The minimum atomic E-state index is -0.457. The Morgan fingerprint density at radius 2 is 1.94 bits per heavy atom. The predicted octanol–water partition coefficient (Wildman–Crippen LogP) is 1.53. The number of halogens is 2. The van der Waals surface area contributed by atoms with Gasteiger partial charge in [0, 0.05) is 26.2 Å². The van der Waals surface area contributed by atoms with Gasteiger partial charge in [0.25, 0.3) is 0 Å². The molecule has 96 valence electrons. The topological polar surface area (TPSA) is 15.3 Å². The van der Waals surface area contributed by atoms with Crippen LogP contribution < -0.4 is 5.32 Å². The van der Waals surface area contributed by atoms with Gasteiger partial charge < -0.3 is 5.32 Å². The SMILES string of the molecule is Cc1cc(F)c(C#CCN2CCNCC2)cc1F. The normalized spacial score (nSPS) is 16.2. The molecule has 18 heavy (non-hydrogen) atoms. The van der Waals surface area contributed by atoms with Crippen LogP contribution in [0.15, 0.2) is 12.1 Å². The molecule has 0 aliphatic carbocycles. The summed E-state index contributed by atoms with van der Waals surface area (Å²) in [6, 6.07) is 2.35. The maximum absolute atomic E-state index is 13.5. The second-order valence-electron chi connectivity index (χ2n) is 4.41. The van der Waals surface area contributed by atoms with Crippen molar-refractivity contribution in [1.29, 1.82) is 0 Å². The van der Waals surface area contributed by atoms with Crippen LogP contribution in [0.5, 0.6) is 0 Å². The van der Waals surface area contributed by atoms with Gasteiger partial charge >= 0.3 is 0 Å². The van der Waals surface area contributed by atoms with Crippen LogP contribution in [0.4, 0.5) is 8.78 Å². The molecule has 1 heterocycles. The van der Waals surface area contributed by atoms with E-state index in [1.807, 2.05) is 0 Å². The summed E-state index contributed by atoms with van der Waals surface area (Å²) in [5, 5.41) is 3.25. The number of benzene rings is 1. The molecule has 1 aromatic rings. The number of aryl methyl sites for hydroxylation is 1. The van der Waals surface area contributed by atoms with Crippen molar-refractivity contribution in [2.24, 2.45) is 0 Å². The minimum absolute atomic E-state index is 0.133. The van der Waals surface area contributed by atoms with Crippen molar-refractivity contribution in [2.45, 2.75) is 6.92 Å². The number of rotatable bonds is 1. The molecule has 1 saturated heterocycles. The summed E-state index contributed by atoms with van der Waals surface area (Å²) in [7, 11) is 0. The molecule has 1 aliphatic rings. The summed E-state index contributed by atoms with van der Waals surface area (Å²) in [4.78, 5) is 2.19. The summed E-state index contributed by atoms with van der Waals surface area (Å²) in [6.07, 6.45) is 0. The predicted molar refractivity (Wildman–Crippen MR) is 67.3 cm³/mol. The second-order valence-corrected chi connectivity index (χ2v) is 4.41. The zero-order valence-corrected chi connectivity index (χ0v) is 10.4. The first-order chi connectivity index (χ1) is 8.66. The number of nitrogens with one attached hydrogen (secondary N) is 1. The minimum Gasteiger partial charge on any atom is -0.314 e. The van der Waals surface area contributed by atoms with Gasteiger partial charge in [0.1, 0.15) is 11.6 Å². The van der Waals surface area contributed by atoms with Crippen LogP contribution in [0, 0.1) is 30.4 Å². The maximum Gasteiger partial charge on any atom is 0.139 e. The Morgan fingerprint density at radius 1 is 1.22 bits per heavy atom. The summed E-state index contributed by atoms with van der Waals surface area (Å²) >= 11 is 0. The molecular formula is C14H16F2N2. The monoisotopic (exact) mass is 250 g/mol. The van der Waals surface area contributed by atoms with Crippen LogP contribution in [0.2, 0.25) is 0 Å². The van der Waals surface area contributed by atoms with E-state index in [0.29, 0.717) is 12.1 Å². The molecular weight excluding hydrogens is 234 g/mol. The molecule has 0 atom stereocenters. The second kappa shape index (κ2) is 5.94. The van der Waals surface area contributed by atoms with E-state index in [4.69, 9.17) is 0 Å². The van der Waals surface area contributed by atoms with E-state index in [0.717, 1.165) is 32.2 Å². The first-order valence-electron chi connectivity index (χ1n) is 6.04. The third-order valence-corrected chi connectivity index (χ3v) is 2.98. The zero-order chi connectivity index (χ0) is 13.0. The highest BCUT2D eigenvalue weighted by Gasteiger charge is 2.07. The summed E-state index contributed by atoms with van der Waals surface area (Å²) < 4.78 is 26.8. The third-order valence-electron chi connectivity index (χ3n) is 2.98. The van der Waals surface area contributed by atoms with Gasteiger partial charge in [-0.3, -0.25) is 4.90 Å². The zero-order valence-electron chi connectivity index (χ0n) is 10.4. The fourth-order valence-electron chi connectivity index (χ4n) is 1.86. The largest absolute Gasteiger partial charge is 0.314 e. The fourth-order valence-corrected chi connectivity index (χ4v) is 1.86. The van der Waals surface area contributed by atoms with Crippen LogP contribution in [0.25, 0.3) is 0 Å². The van der Waals surface area contributed by atoms with Crippen LogP contribution in [0.1, 0.15) is 11.1 Å². The first kappa shape index (κ1) is 13.0. The van der Waals surface area contributed by atoms with Crippen LogP contribution in [-0.2, 0) is 0 Å².